The molecule has 0 aromatic heterocycles. The third-order valence-electron chi connectivity index (χ3n) is 4.13. The predicted molar refractivity (Wildman–Crippen MR) is 83.5 cm³/mol. The lowest BCUT2D eigenvalue weighted by Gasteiger charge is -2.26. The number of hydrogen-bond acceptors (Lipinski definition) is 2. The molecule has 0 aliphatic heterocycles. The molecule has 0 unspecified atom stereocenters. The summed E-state index contributed by atoms with van der Waals surface area (Å²) in [4.78, 5) is 11.9. The number of halogens is 1. The molecule has 1 fully saturated rings. The van der Waals surface area contributed by atoms with Gasteiger partial charge in [0.15, 0.2) is 0 Å². The predicted octanol–water partition coefficient (Wildman–Crippen LogP) is 3.26. The molecule has 3 N–H and O–H groups in total. The van der Waals surface area contributed by atoms with Crippen molar-refractivity contribution in [3.8, 4) is 0 Å². The molecule has 0 saturated heterocycles. The smallest absolute Gasteiger partial charge is 0.223 e. The van der Waals surface area contributed by atoms with Crippen LogP contribution in [0.1, 0.15) is 64.7 Å². The first-order valence-electron chi connectivity index (χ1n) is 7.75. The Hall–Kier alpha value is -0.280. The first-order valence-corrected chi connectivity index (χ1v) is 7.75. The maximum absolute atomic E-state index is 11.9. The van der Waals surface area contributed by atoms with Gasteiger partial charge in [-0.05, 0) is 44.6 Å². The fourth-order valence-corrected chi connectivity index (χ4v) is 2.74. The van der Waals surface area contributed by atoms with Crippen LogP contribution in [0.5, 0.6) is 0 Å². The van der Waals surface area contributed by atoms with Gasteiger partial charge in [0.05, 0.1) is 0 Å². The Bertz CT molecular complexity index is 228. The van der Waals surface area contributed by atoms with E-state index in [0.717, 1.165) is 45.2 Å². The molecule has 3 nitrogen and oxygen atoms in total. The molecule has 0 heterocycles. The molecule has 1 saturated carbocycles. The Morgan fingerprint density at radius 1 is 1.11 bits per heavy atom. The van der Waals surface area contributed by atoms with Crippen molar-refractivity contribution >= 4 is 18.3 Å². The van der Waals surface area contributed by atoms with Gasteiger partial charge in [-0.25, -0.2) is 0 Å². The van der Waals surface area contributed by atoms with Gasteiger partial charge in [-0.15, -0.1) is 12.4 Å². The van der Waals surface area contributed by atoms with Crippen molar-refractivity contribution < 1.29 is 4.79 Å². The van der Waals surface area contributed by atoms with Gasteiger partial charge in [-0.2, -0.15) is 0 Å². The number of rotatable bonds is 8. The molecule has 0 aromatic carbocycles. The molecule has 19 heavy (non-hydrogen) atoms. The lowest BCUT2D eigenvalue weighted by atomic mass is 9.81. The molecule has 4 heteroatoms. The molecule has 114 valence electrons. The number of nitrogens with two attached hydrogens (primary N) is 1. The lowest BCUT2D eigenvalue weighted by molar-refractivity contribution is -0.126. The maximum atomic E-state index is 11.9. The minimum atomic E-state index is 0. The Balaban J connectivity index is 0.00000324. The molecular weight excluding hydrogens is 260 g/mol. The topological polar surface area (TPSA) is 55.1 Å². The van der Waals surface area contributed by atoms with Crippen molar-refractivity contribution in [3.05, 3.63) is 0 Å². The molecule has 1 aliphatic carbocycles. The van der Waals surface area contributed by atoms with E-state index in [0.29, 0.717) is 5.92 Å². The van der Waals surface area contributed by atoms with Crippen LogP contribution in [0.2, 0.25) is 0 Å². The highest BCUT2D eigenvalue weighted by Crippen LogP contribution is 2.28. The molecular formula is C15H31ClN2O. The summed E-state index contributed by atoms with van der Waals surface area (Å²) in [5.74, 6) is 1.19. The molecule has 0 atom stereocenters. The van der Waals surface area contributed by atoms with Gasteiger partial charge >= 0.3 is 0 Å². The fraction of sp³-hybridized carbons (Fsp3) is 0.933. The van der Waals surface area contributed by atoms with E-state index in [4.69, 9.17) is 5.73 Å². The summed E-state index contributed by atoms with van der Waals surface area (Å²) in [6.07, 6.45) is 10.6. The van der Waals surface area contributed by atoms with Gasteiger partial charge < -0.3 is 11.1 Å². The largest absolute Gasteiger partial charge is 0.356 e. The van der Waals surface area contributed by atoms with Crippen molar-refractivity contribution in [2.75, 3.05) is 13.1 Å². The first kappa shape index (κ1) is 18.7. The second-order valence-corrected chi connectivity index (χ2v) is 5.66. The zero-order chi connectivity index (χ0) is 13.2. The van der Waals surface area contributed by atoms with Gasteiger partial charge in [0.2, 0.25) is 5.91 Å². The Kier molecular flexibility index (Phi) is 11.4. The minimum absolute atomic E-state index is 0. The zero-order valence-corrected chi connectivity index (χ0v) is 13.1. The van der Waals surface area contributed by atoms with E-state index >= 15 is 0 Å². The number of carbonyl (C=O) groups excluding carboxylic acids is 1. The summed E-state index contributed by atoms with van der Waals surface area (Å²) in [7, 11) is 0. The highest BCUT2D eigenvalue weighted by molar-refractivity contribution is 5.85. The van der Waals surface area contributed by atoms with Crippen LogP contribution >= 0.6 is 12.4 Å². The SMILES string of the molecule is CCCCCCCNC(=O)[C@H]1CC[C@H](CN)CC1.Cl. The van der Waals surface area contributed by atoms with Crippen LogP contribution in [0, 0.1) is 11.8 Å². The lowest BCUT2D eigenvalue weighted by Crippen LogP contribution is -2.34. The highest BCUT2D eigenvalue weighted by Gasteiger charge is 2.25. The van der Waals surface area contributed by atoms with Crippen LogP contribution in [0.25, 0.3) is 0 Å². The number of nitrogens with one attached hydrogen (secondary N) is 1. The van der Waals surface area contributed by atoms with Crippen LogP contribution in [0.4, 0.5) is 0 Å². The van der Waals surface area contributed by atoms with Crippen LogP contribution < -0.4 is 11.1 Å². The molecule has 1 amide bonds. The van der Waals surface area contributed by atoms with Crippen molar-refractivity contribution in [1.82, 2.24) is 5.32 Å². The number of carbonyl (C=O) groups is 1. The molecule has 0 radical (unpaired) electrons. The summed E-state index contributed by atoms with van der Waals surface area (Å²) >= 11 is 0. The monoisotopic (exact) mass is 290 g/mol. The van der Waals surface area contributed by atoms with Crippen molar-refractivity contribution in [2.24, 2.45) is 17.6 Å². The summed E-state index contributed by atoms with van der Waals surface area (Å²) < 4.78 is 0. The van der Waals surface area contributed by atoms with Crippen molar-refractivity contribution in [1.29, 1.82) is 0 Å². The third-order valence-corrected chi connectivity index (χ3v) is 4.13. The number of hydrogen-bond donors (Lipinski definition) is 2. The average Bonchev–Trinajstić information content (AvgIpc) is 2.42. The molecule has 1 aliphatic rings. The van der Waals surface area contributed by atoms with Crippen LogP contribution in [0.15, 0.2) is 0 Å². The summed E-state index contributed by atoms with van der Waals surface area (Å²) in [5, 5.41) is 3.09. The molecule has 0 spiro atoms. The molecule has 1 rings (SSSR count). The van der Waals surface area contributed by atoms with Gasteiger partial charge in [-0.3, -0.25) is 4.79 Å². The molecule has 0 bridgehead atoms. The van der Waals surface area contributed by atoms with Crippen molar-refractivity contribution in [2.45, 2.75) is 64.7 Å². The fourth-order valence-electron chi connectivity index (χ4n) is 2.74. The van der Waals surface area contributed by atoms with E-state index in [1.807, 2.05) is 0 Å². The van der Waals surface area contributed by atoms with E-state index in [1.54, 1.807) is 0 Å². The van der Waals surface area contributed by atoms with Gasteiger partial charge in [0, 0.05) is 12.5 Å². The number of unbranched alkanes of at least 4 members (excludes halogenated alkanes) is 4. The van der Waals surface area contributed by atoms with E-state index in [9.17, 15) is 4.79 Å². The van der Waals surface area contributed by atoms with Crippen LogP contribution in [-0.2, 0) is 4.79 Å². The van der Waals surface area contributed by atoms with Crippen LogP contribution in [-0.4, -0.2) is 19.0 Å². The van der Waals surface area contributed by atoms with Gasteiger partial charge in [0.1, 0.15) is 0 Å². The summed E-state index contributed by atoms with van der Waals surface area (Å²) in [5.41, 5.74) is 5.66. The van der Waals surface area contributed by atoms with Crippen molar-refractivity contribution in [3.63, 3.8) is 0 Å². The number of amides is 1. The normalized spacial score (nSPS) is 22.6. The Morgan fingerprint density at radius 2 is 1.74 bits per heavy atom. The minimum Gasteiger partial charge on any atom is -0.356 e. The molecule has 0 aromatic rings. The third kappa shape index (κ3) is 7.78. The standard InChI is InChI=1S/C15H30N2O.ClH/c1-2-3-4-5-6-11-17-15(18)14-9-7-13(12-16)8-10-14;/h13-14H,2-12,16H2,1H3,(H,17,18);1H/t13-,14-;. The maximum Gasteiger partial charge on any atom is 0.223 e. The Labute approximate surface area is 124 Å². The van der Waals surface area contributed by atoms with Gasteiger partial charge in [0.25, 0.3) is 0 Å². The second kappa shape index (κ2) is 11.5. The van der Waals surface area contributed by atoms with E-state index in [1.165, 1.54) is 25.7 Å². The summed E-state index contributed by atoms with van der Waals surface area (Å²) in [6, 6.07) is 0. The van der Waals surface area contributed by atoms with E-state index in [2.05, 4.69) is 12.2 Å². The Morgan fingerprint density at radius 3 is 2.32 bits per heavy atom. The van der Waals surface area contributed by atoms with Gasteiger partial charge in [-0.1, -0.05) is 32.6 Å². The highest BCUT2D eigenvalue weighted by atomic mass is 35.5. The average molecular weight is 291 g/mol. The quantitative estimate of drug-likeness (QED) is 0.674. The van der Waals surface area contributed by atoms with E-state index in [-0.39, 0.29) is 24.2 Å². The summed E-state index contributed by atoms with van der Waals surface area (Å²) in [6.45, 7) is 3.87. The first-order chi connectivity index (χ1) is 8.77. The van der Waals surface area contributed by atoms with Crippen LogP contribution in [0.3, 0.4) is 0 Å². The second-order valence-electron chi connectivity index (χ2n) is 5.66. The zero-order valence-electron chi connectivity index (χ0n) is 12.3. The van der Waals surface area contributed by atoms with E-state index < -0.39 is 0 Å².